The highest BCUT2D eigenvalue weighted by atomic mass is 19.1. The van der Waals surface area contributed by atoms with Gasteiger partial charge in [0.2, 0.25) is 17.7 Å². The molecule has 0 saturated carbocycles. The Morgan fingerprint density at radius 1 is 1.05 bits per heavy atom. The van der Waals surface area contributed by atoms with Gasteiger partial charge < -0.3 is 30.1 Å². The van der Waals surface area contributed by atoms with Crippen LogP contribution < -0.4 is 20.4 Å². The molecule has 2 aliphatic rings. The van der Waals surface area contributed by atoms with Crippen molar-refractivity contribution < 1.29 is 28.3 Å². The summed E-state index contributed by atoms with van der Waals surface area (Å²) in [6.45, 7) is 4.15. The van der Waals surface area contributed by atoms with Crippen molar-refractivity contribution in [1.29, 1.82) is 0 Å². The average molecular weight is 583 g/mol. The molecule has 0 bridgehead atoms. The van der Waals surface area contributed by atoms with Crippen molar-refractivity contribution in [3.8, 4) is 0 Å². The largest absolute Gasteiger partial charge is 0.442 e. The molecule has 12 heteroatoms. The van der Waals surface area contributed by atoms with E-state index in [0.29, 0.717) is 56.9 Å². The number of carbonyl (C=O) groups is 4. The van der Waals surface area contributed by atoms with E-state index in [-0.39, 0.29) is 30.8 Å². The summed E-state index contributed by atoms with van der Waals surface area (Å²) in [5.41, 5.74) is 2.66. The van der Waals surface area contributed by atoms with Crippen LogP contribution in [-0.4, -0.2) is 99.6 Å². The minimum absolute atomic E-state index is 0.0684. The first-order chi connectivity index (χ1) is 20.1. The molecule has 4 rings (SSSR count). The first-order valence-electron chi connectivity index (χ1n) is 14.2. The zero-order valence-electron chi connectivity index (χ0n) is 24.4. The van der Waals surface area contributed by atoms with Crippen LogP contribution in [0.1, 0.15) is 25.3 Å². The molecule has 2 aromatic rings. The third-order valence-corrected chi connectivity index (χ3v) is 7.22. The summed E-state index contributed by atoms with van der Waals surface area (Å²) in [7, 11) is 3.68. The number of nitrogens with one attached hydrogen (secondary N) is 2. The summed E-state index contributed by atoms with van der Waals surface area (Å²) >= 11 is 0. The van der Waals surface area contributed by atoms with Gasteiger partial charge in [0.15, 0.2) is 0 Å². The topological polar surface area (TPSA) is 115 Å². The molecule has 226 valence electrons. The molecule has 1 atom stereocenters. The lowest BCUT2D eigenvalue weighted by molar-refractivity contribution is -0.131. The maximum atomic E-state index is 15.1. The van der Waals surface area contributed by atoms with Gasteiger partial charge in [-0.25, -0.2) is 9.18 Å². The normalized spacial score (nSPS) is 16.9. The zero-order valence-corrected chi connectivity index (χ0v) is 24.4. The van der Waals surface area contributed by atoms with Crippen molar-refractivity contribution in [2.24, 2.45) is 0 Å². The summed E-state index contributed by atoms with van der Waals surface area (Å²) < 4.78 is 20.4. The number of hydrogen-bond acceptors (Lipinski definition) is 7. The number of likely N-dealkylation sites (N-methyl/N-ethyl adjacent to an activating group) is 1. The Balaban J connectivity index is 1.20. The number of rotatable bonds is 11. The molecular weight excluding hydrogens is 543 g/mol. The third-order valence-electron chi connectivity index (χ3n) is 7.22. The lowest BCUT2D eigenvalue weighted by Crippen LogP contribution is -2.49. The van der Waals surface area contributed by atoms with Crippen molar-refractivity contribution in [3.63, 3.8) is 0 Å². The molecule has 0 aromatic heterocycles. The summed E-state index contributed by atoms with van der Waals surface area (Å²) in [5.74, 6) is -0.651. The Hall–Kier alpha value is -4.19. The van der Waals surface area contributed by atoms with Crippen molar-refractivity contribution >= 4 is 40.9 Å². The molecule has 0 spiro atoms. The molecule has 4 amide bonds. The first kappa shape index (κ1) is 30.8. The van der Waals surface area contributed by atoms with Gasteiger partial charge in [-0.05, 0) is 62.8 Å². The van der Waals surface area contributed by atoms with Crippen LogP contribution in [0.5, 0.6) is 0 Å². The predicted molar refractivity (Wildman–Crippen MR) is 158 cm³/mol. The maximum Gasteiger partial charge on any atom is 0.414 e. The van der Waals surface area contributed by atoms with Crippen molar-refractivity contribution in [1.82, 2.24) is 15.1 Å². The number of hydrogen-bond donors (Lipinski definition) is 2. The second-order valence-electron chi connectivity index (χ2n) is 10.9. The molecule has 0 radical (unpaired) electrons. The van der Waals surface area contributed by atoms with E-state index < -0.39 is 18.0 Å². The molecule has 2 aliphatic heterocycles. The second kappa shape index (κ2) is 14.1. The van der Waals surface area contributed by atoms with Crippen LogP contribution >= 0.6 is 0 Å². The number of cyclic esters (lactones) is 1. The van der Waals surface area contributed by atoms with Gasteiger partial charge in [-0.3, -0.25) is 19.3 Å². The van der Waals surface area contributed by atoms with Gasteiger partial charge in [-0.2, -0.15) is 0 Å². The lowest BCUT2D eigenvalue weighted by atomic mass is 10.1. The Morgan fingerprint density at radius 2 is 1.76 bits per heavy atom. The Kier molecular flexibility index (Phi) is 10.3. The summed E-state index contributed by atoms with van der Waals surface area (Å²) in [4.78, 5) is 55.0. The Labute approximate surface area is 245 Å². The van der Waals surface area contributed by atoms with E-state index >= 15 is 4.39 Å². The fourth-order valence-corrected chi connectivity index (χ4v) is 5.06. The van der Waals surface area contributed by atoms with Gasteiger partial charge in [0, 0.05) is 45.2 Å². The lowest BCUT2D eigenvalue weighted by Gasteiger charge is -2.36. The molecular formula is C30H39FN6O5. The van der Waals surface area contributed by atoms with Gasteiger partial charge in [-0.15, -0.1) is 0 Å². The Bertz CT molecular complexity index is 1280. The van der Waals surface area contributed by atoms with E-state index in [4.69, 9.17) is 4.74 Å². The SMILES string of the molecule is CC(=O)NC[C@H]1CN(c2ccc(N3CCN(C(=O)CCCc4ccc(NC(=O)CN(C)C)cc4)CC3)c(F)c2)C(=O)O1. The second-order valence-corrected chi connectivity index (χ2v) is 10.9. The van der Waals surface area contributed by atoms with Crippen LogP contribution in [0.3, 0.4) is 0 Å². The maximum absolute atomic E-state index is 15.1. The minimum Gasteiger partial charge on any atom is -0.442 e. The zero-order chi connectivity index (χ0) is 30.2. The Morgan fingerprint density at radius 3 is 2.40 bits per heavy atom. The number of nitrogens with zero attached hydrogens (tertiary/aromatic N) is 4. The van der Waals surface area contributed by atoms with Gasteiger partial charge in [0.1, 0.15) is 11.9 Å². The highest BCUT2D eigenvalue weighted by Crippen LogP contribution is 2.28. The summed E-state index contributed by atoms with van der Waals surface area (Å²) in [5, 5.41) is 5.48. The average Bonchev–Trinajstić information content (AvgIpc) is 3.32. The molecule has 2 heterocycles. The number of halogens is 1. The molecule has 2 aromatic carbocycles. The predicted octanol–water partition coefficient (Wildman–Crippen LogP) is 2.46. The molecule has 2 saturated heterocycles. The molecule has 42 heavy (non-hydrogen) atoms. The number of anilines is 3. The third kappa shape index (κ3) is 8.41. The van der Waals surface area contributed by atoms with Crippen LogP contribution in [0.2, 0.25) is 0 Å². The quantitative estimate of drug-likeness (QED) is 0.419. The van der Waals surface area contributed by atoms with Crippen molar-refractivity contribution in [2.75, 3.05) is 75.0 Å². The summed E-state index contributed by atoms with van der Waals surface area (Å²) in [6, 6.07) is 12.3. The number of carbonyl (C=O) groups excluding carboxylic acids is 4. The summed E-state index contributed by atoms with van der Waals surface area (Å²) in [6.07, 6.45) is 0.826. The number of aryl methyl sites for hydroxylation is 1. The molecule has 2 fully saturated rings. The fraction of sp³-hybridized carbons (Fsp3) is 0.467. The van der Waals surface area contributed by atoms with Gasteiger partial charge in [0.25, 0.3) is 0 Å². The number of piperazine rings is 1. The van der Waals surface area contributed by atoms with E-state index in [1.165, 1.54) is 17.9 Å². The smallest absolute Gasteiger partial charge is 0.414 e. The number of amides is 4. The van der Waals surface area contributed by atoms with Crippen LogP contribution in [-0.2, 0) is 25.5 Å². The molecule has 0 unspecified atom stereocenters. The molecule has 0 aliphatic carbocycles. The number of ether oxygens (including phenoxy) is 1. The van der Waals surface area contributed by atoms with E-state index in [1.807, 2.05) is 48.2 Å². The van der Waals surface area contributed by atoms with Crippen molar-refractivity contribution in [2.45, 2.75) is 32.3 Å². The van der Waals surface area contributed by atoms with Gasteiger partial charge in [-0.1, -0.05) is 12.1 Å². The van der Waals surface area contributed by atoms with Crippen LogP contribution in [0, 0.1) is 5.82 Å². The standard InChI is InChI=1S/C30H39FN6O5/c1-21(38)32-18-25-19-37(30(41)42-25)24-11-12-27(26(31)17-24)35-13-15-36(16-14-35)29(40)6-4-5-22-7-9-23(10-8-22)33-28(39)20-34(2)3/h7-12,17,25H,4-6,13-16,18-20H2,1-3H3,(H,32,38)(H,33,39)/t25-/m0/s1. The van der Waals surface area contributed by atoms with E-state index in [2.05, 4.69) is 10.6 Å². The van der Waals surface area contributed by atoms with Crippen molar-refractivity contribution in [3.05, 3.63) is 53.8 Å². The van der Waals surface area contributed by atoms with Crippen LogP contribution in [0.25, 0.3) is 0 Å². The van der Waals surface area contributed by atoms with Crippen LogP contribution in [0.15, 0.2) is 42.5 Å². The molecule has 2 N–H and O–H groups in total. The van der Waals surface area contributed by atoms with Gasteiger partial charge in [0.05, 0.1) is 31.0 Å². The minimum atomic E-state index is -0.578. The molecule has 11 nitrogen and oxygen atoms in total. The first-order valence-corrected chi connectivity index (χ1v) is 14.2. The van der Waals surface area contributed by atoms with E-state index in [1.54, 1.807) is 17.0 Å². The van der Waals surface area contributed by atoms with Crippen LogP contribution in [0.4, 0.5) is 26.2 Å². The highest BCUT2D eigenvalue weighted by Gasteiger charge is 2.33. The fourth-order valence-electron chi connectivity index (χ4n) is 5.06. The van der Waals surface area contributed by atoms with E-state index in [9.17, 15) is 19.2 Å². The van der Waals surface area contributed by atoms with E-state index in [0.717, 1.165) is 17.7 Å². The number of benzene rings is 2. The van der Waals surface area contributed by atoms with Gasteiger partial charge >= 0.3 is 6.09 Å². The highest BCUT2D eigenvalue weighted by molar-refractivity contribution is 5.92. The monoisotopic (exact) mass is 582 g/mol.